The van der Waals surface area contributed by atoms with Gasteiger partial charge in [0.15, 0.2) is 0 Å². The van der Waals surface area contributed by atoms with Crippen molar-refractivity contribution in [2.75, 3.05) is 19.7 Å². The molecule has 1 aliphatic heterocycles. The van der Waals surface area contributed by atoms with Gasteiger partial charge in [0.25, 0.3) is 5.91 Å². The Labute approximate surface area is 186 Å². The number of fused-ring (bicyclic) bond motifs is 1. The van der Waals surface area contributed by atoms with E-state index in [1.807, 2.05) is 61.2 Å². The van der Waals surface area contributed by atoms with Gasteiger partial charge in [0.2, 0.25) is 5.91 Å². The number of rotatable bonds is 6. The lowest BCUT2D eigenvalue weighted by Crippen LogP contribution is -2.42. The normalized spacial score (nSPS) is 16.6. The van der Waals surface area contributed by atoms with Gasteiger partial charge in [-0.25, -0.2) is 4.98 Å². The highest BCUT2D eigenvalue weighted by atomic mass is 32.1. The van der Waals surface area contributed by atoms with Crippen LogP contribution >= 0.6 is 11.3 Å². The van der Waals surface area contributed by atoms with Gasteiger partial charge in [-0.3, -0.25) is 9.59 Å². The van der Waals surface area contributed by atoms with Crippen molar-refractivity contribution in [1.82, 2.24) is 15.2 Å². The Morgan fingerprint density at radius 3 is 2.81 bits per heavy atom. The standard InChI is InChI=1S/C24H27N3O3S/c1-16(2)26-23(29)22-21(18-9-6-12-25-24(18)31-22)19-15-27(13-14-30-19)20(28)11-10-17-7-4-3-5-8-17/h3-9,12,16,19H,10-11,13-15H2,1-2H3,(H,26,29)/t19-/m1/s1. The van der Waals surface area contributed by atoms with Crippen LogP contribution in [0.4, 0.5) is 0 Å². The van der Waals surface area contributed by atoms with Gasteiger partial charge in [0.1, 0.15) is 15.8 Å². The minimum atomic E-state index is -0.347. The van der Waals surface area contributed by atoms with Gasteiger partial charge >= 0.3 is 0 Å². The molecule has 0 bridgehead atoms. The number of aromatic nitrogens is 1. The highest BCUT2D eigenvalue weighted by Crippen LogP contribution is 2.37. The van der Waals surface area contributed by atoms with Crippen LogP contribution in [0.3, 0.4) is 0 Å². The first kappa shape index (κ1) is 21.5. The highest BCUT2D eigenvalue weighted by Gasteiger charge is 2.31. The Hall–Kier alpha value is -2.77. The third kappa shape index (κ3) is 4.94. The number of amides is 2. The number of pyridine rings is 1. The molecule has 1 aromatic carbocycles. The van der Waals surface area contributed by atoms with E-state index in [0.717, 1.165) is 27.8 Å². The van der Waals surface area contributed by atoms with Crippen LogP contribution in [-0.2, 0) is 16.0 Å². The molecule has 1 aliphatic rings. The van der Waals surface area contributed by atoms with E-state index in [1.165, 1.54) is 11.3 Å². The number of ether oxygens (including phenoxy) is 1. The average molecular weight is 438 g/mol. The molecule has 1 N–H and O–H groups in total. The maximum absolute atomic E-state index is 12.9. The van der Waals surface area contributed by atoms with Crippen LogP contribution in [0, 0.1) is 0 Å². The fourth-order valence-corrected chi connectivity index (χ4v) is 4.97. The summed E-state index contributed by atoms with van der Waals surface area (Å²) in [6, 6.07) is 13.9. The summed E-state index contributed by atoms with van der Waals surface area (Å²) >= 11 is 1.38. The van der Waals surface area contributed by atoms with Gasteiger partial charge < -0.3 is 15.0 Å². The van der Waals surface area contributed by atoms with E-state index in [4.69, 9.17) is 4.74 Å². The van der Waals surface area contributed by atoms with E-state index in [1.54, 1.807) is 6.20 Å². The van der Waals surface area contributed by atoms with E-state index >= 15 is 0 Å². The van der Waals surface area contributed by atoms with Crippen molar-refractivity contribution < 1.29 is 14.3 Å². The fourth-order valence-electron chi connectivity index (χ4n) is 3.87. The zero-order chi connectivity index (χ0) is 21.8. The van der Waals surface area contributed by atoms with Crippen LogP contribution in [0.25, 0.3) is 10.2 Å². The molecule has 0 unspecified atom stereocenters. The molecule has 0 aliphatic carbocycles. The molecule has 1 atom stereocenters. The maximum atomic E-state index is 12.9. The minimum absolute atomic E-state index is 0.0295. The summed E-state index contributed by atoms with van der Waals surface area (Å²) in [5.41, 5.74) is 2.00. The van der Waals surface area contributed by atoms with E-state index in [2.05, 4.69) is 10.3 Å². The molecule has 2 amide bonds. The van der Waals surface area contributed by atoms with Gasteiger partial charge in [0.05, 0.1) is 13.2 Å². The van der Waals surface area contributed by atoms with Crippen LogP contribution in [0.1, 0.15) is 47.2 Å². The van der Waals surface area contributed by atoms with Crippen LogP contribution in [0.5, 0.6) is 0 Å². The molecule has 4 rings (SSSR count). The van der Waals surface area contributed by atoms with Gasteiger partial charge in [-0.1, -0.05) is 36.4 Å². The molecule has 162 valence electrons. The molecule has 3 heterocycles. The molecular weight excluding hydrogens is 410 g/mol. The summed E-state index contributed by atoms with van der Waals surface area (Å²) in [6.45, 7) is 5.33. The molecule has 0 saturated carbocycles. The summed E-state index contributed by atoms with van der Waals surface area (Å²) < 4.78 is 6.07. The van der Waals surface area contributed by atoms with Crippen LogP contribution in [0.2, 0.25) is 0 Å². The molecule has 6 nitrogen and oxygen atoms in total. The first-order valence-electron chi connectivity index (χ1n) is 10.6. The Morgan fingerprint density at radius 1 is 1.23 bits per heavy atom. The van der Waals surface area contributed by atoms with Crippen molar-refractivity contribution in [3.05, 3.63) is 64.7 Å². The van der Waals surface area contributed by atoms with E-state index in [-0.39, 0.29) is 24.0 Å². The van der Waals surface area contributed by atoms with Crippen molar-refractivity contribution in [1.29, 1.82) is 0 Å². The predicted octanol–water partition coefficient (Wildman–Crippen LogP) is 3.97. The average Bonchev–Trinajstić information content (AvgIpc) is 3.18. The second-order valence-corrected chi connectivity index (χ2v) is 9.01. The predicted molar refractivity (Wildman–Crippen MR) is 122 cm³/mol. The Balaban J connectivity index is 1.55. The number of carbonyl (C=O) groups is 2. The molecule has 0 radical (unpaired) electrons. The molecule has 1 saturated heterocycles. The molecule has 31 heavy (non-hydrogen) atoms. The number of aryl methyl sites for hydroxylation is 1. The second-order valence-electron chi connectivity index (χ2n) is 8.01. The lowest BCUT2D eigenvalue weighted by Gasteiger charge is -2.33. The largest absolute Gasteiger partial charge is 0.370 e. The van der Waals surface area contributed by atoms with Gasteiger partial charge in [-0.2, -0.15) is 0 Å². The van der Waals surface area contributed by atoms with Gasteiger partial charge in [-0.15, -0.1) is 11.3 Å². The quantitative estimate of drug-likeness (QED) is 0.634. The smallest absolute Gasteiger partial charge is 0.262 e. The Kier molecular flexibility index (Phi) is 6.63. The molecule has 0 spiro atoms. The Morgan fingerprint density at radius 2 is 2.03 bits per heavy atom. The van der Waals surface area contributed by atoms with Crippen molar-refractivity contribution in [2.45, 2.75) is 38.8 Å². The van der Waals surface area contributed by atoms with E-state index < -0.39 is 0 Å². The van der Waals surface area contributed by atoms with Crippen molar-refractivity contribution in [3.8, 4) is 0 Å². The van der Waals surface area contributed by atoms with Gasteiger partial charge in [-0.05, 0) is 31.9 Å². The third-order valence-corrected chi connectivity index (χ3v) is 6.47. The number of hydrogen-bond acceptors (Lipinski definition) is 5. The van der Waals surface area contributed by atoms with Gasteiger partial charge in [0, 0.05) is 36.2 Å². The first-order valence-corrected chi connectivity index (χ1v) is 11.5. The lowest BCUT2D eigenvalue weighted by molar-refractivity contribution is -0.138. The number of nitrogens with one attached hydrogen (secondary N) is 1. The van der Waals surface area contributed by atoms with Crippen molar-refractivity contribution in [2.24, 2.45) is 0 Å². The molecule has 3 aromatic rings. The monoisotopic (exact) mass is 437 g/mol. The minimum Gasteiger partial charge on any atom is -0.370 e. The van der Waals surface area contributed by atoms with Crippen LogP contribution in [0.15, 0.2) is 48.7 Å². The summed E-state index contributed by atoms with van der Waals surface area (Å²) in [6.07, 6.45) is 2.56. The molecule has 1 fully saturated rings. The van der Waals surface area contributed by atoms with Crippen molar-refractivity contribution in [3.63, 3.8) is 0 Å². The summed E-state index contributed by atoms with van der Waals surface area (Å²) in [7, 11) is 0. The zero-order valence-electron chi connectivity index (χ0n) is 17.8. The topological polar surface area (TPSA) is 71.5 Å². The zero-order valence-corrected chi connectivity index (χ0v) is 18.7. The number of carbonyl (C=O) groups excluding carboxylic acids is 2. The molecule has 2 aromatic heterocycles. The summed E-state index contributed by atoms with van der Waals surface area (Å²) in [5, 5.41) is 3.90. The number of hydrogen-bond donors (Lipinski definition) is 1. The second kappa shape index (κ2) is 9.58. The third-order valence-electron chi connectivity index (χ3n) is 5.34. The first-order chi connectivity index (χ1) is 15.0. The summed E-state index contributed by atoms with van der Waals surface area (Å²) in [4.78, 5) is 33.5. The lowest BCUT2D eigenvalue weighted by atomic mass is 10.0. The van der Waals surface area contributed by atoms with Crippen LogP contribution in [-0.4, -0.2) is 47.4 Å². The number of nitrogens with zero attached hydrogens (tertiary/aromatic N) is 2. The highest BCUT2D eigenvalue weighted by molar-refractivity contribution is 7.20. The van der Waals surface area contributed by atoms with Crippen molar-refractivity contribution >= 4 is 33.4 Å². The van der Waals surface area contributed by atoms with E-state index in [9.17, 15) is 9.59 Å². The maximum Gasteiger partial charge on any atom is 0.262 e. The van der Waals surface area contributed by atoms with Crippen LogP contribution < -0.4 is 5.32 Å². The Bertz CT molecular complexity index is 1060. The number of morpholine rings is 1. The molecular formula is C24H27N3O3S. The number of benzene rings is 1. The SMILES string of the molecule is CC(C)NC(=O)c1sc2ncccc2c1[C@H]1CN(C(=O)CCc2ccccc2)CCO1. The molecule has 7 heteroatoms. The number of thiophene rings is 1. The fraction of sp³-hybridized carbons (Fsp3) is 0.375. The van der Waals surface area contributed by atoms with E-state index in [0.29, 0.717) is 31.0 Å². The summed E-state index contributed by atoms with van der Waals surface area (Å²) in [5.74, 6) is -0.00729.